The zero-order valence-electron chi connectivity index (χ0n) is 16.6. The summed E-state index contributed by atoms with van der Waals surface area (Å²) in [6.07, 6.45) is 1.45. The number of amides is 2. The first kappa shape index (κ1) is 19.4. The zero-order chi connectivity index (χ0) is 21.4. The lowest BCUT2D eigenvalue weighted by Crippen LogP contribution is -2.20. The number of benzene rings is 2. The van der Waals surface area contributed by atoms with E-state index in [0.717, 1.165) is 17.0 Å². The maximum Gasteiger partial charge on any atom is 0.257 e. The van der Waals surface area contributed by atoms with E-state index in [1.807, 2.05) is 0 Å². The number of aryl methyl sites for hydroxylation is 1. The van der Waals surface area contributed by atoms with E-state index in [-0.39, 0.29) is 24.5 Å². The van der Waals surface area contributed by atoms with Gasteiger partial charge in [0.25, 0.3) is 5.91 Å². The number of rotatable bonds is 5. The highest BCUT2D eigenvalue weighted by Gasteiger charge is 2.33. The number of hydrogen-bond acceptors (Lipinski definition) is 7. The Labute approximate surface area is 182 Å². The molecule has 0 unspecified atom stereocenters. The molecule has 1 aliphatic heterocycles. The topological polar surface area (TPSA) is 98.8 Å². The predicted molar refractivity (Wildman–Crippen MR) is 115 cm³/mol. The second-order valence-electron chi connectivity index (χ2n) is 7.16. The van der Waals surface area contributed by atoms with Crippen LogP contribution in [0, 0.1) is 0 Å². The number of anilines is 2. The molecule has 5 rings (SSSR count). The quantitative estimate of drug-likeness (QED) is 0.630. The van der Waals surface area contributed by atoms with Gasteiger partial charge in [0.15, 0.2) is 16.6 Å². The maximum atomic E-state index is 12.9. The molecule has 0 fully saturated rings. The number of carbonyl (C=O) groups excluding carboxylic acids is 2. The molecule has 0 radical (unpaired) electrons. The highest BCUT2D eigenvalue weighted by Crippen LogP contribution is 2.40. The van der Waals surface area contributed by atoms with Crippen LogP contribution in [0.2, 0.25) is 0 Å². The third-order valence-electron chi connectivity index (χ3n) is 5.25. The lowest BCUT2D eigenvalue weighted by molar-refractivity contribution is -0.117. The van der Waals surface area contributed by atoms with Gasteiger partial charge in [0.1, 0.15) is 5.75 Å². The first-order valence-electron chi connectivity index (χ1n) is 9.76. The predicted octanol–water partition coefficient (Wildman–Crippen LogP) is 3.80. The van der Waals surface area contributed by atoms with Gasteiger partial charge >= 0.3 is 0 Å². The molecule has 9 heteroatoms. The van der Waals surface area contributed by atoms with Crippen LogP contribution in [0.5, 0.6) is 17.2 Å². The summed E-state index contributed by atoms with van der Waals surface area (Å²) in [4.78, 5) is 30.9. The van der Waals surface area contributed by atoms with Crippen molar-refractivity contribution >= 4 is 34.0 Å². The highest BCUT2D eigenvalue weighted by atomic mass is 32.1. The van der Waals surface area contributed by atoms with Gasteiger partial charge in [0, 0.05) is 22.2 Å². The molecule has 1 atom stereocenters. The molecular weight excluding hydrogens is 418 g/mol. The molecule has 31 heavy (non-hydrogen) atoms. The van der Waals surface area contributed by atoms with Crippen molar-refractivity contribution in [3.63, 3.8) is 0 Å². The lowest BCUT2D eigenvalue weighted by atomic mass is 10.1. The molecule has 8 nitrogen and oxygen atoms in total. The van der Waals surface area contributed by atoms with Crippen molar-refractivity contribution in [2.24, 2.45) is 0 Å². The first-order valence-corrected chi connectivity index (χ1v) is 10.6. The largest absolute Gasteiger partial charge is 0.497 e. The van der Waals surface area contributed by atoms with E-state index in [2.05, 4.69) is 15.6 Å². The number of methoxy groups -OCH3 is 1. The molecule has 0 spiro atoms. The number of hydrogen-bond donors (Lipinski definition) is 2. The summed E-state index contributed by atoms with van der Waals surface area (Å²) in [5.41, 5.74) is 1.88. The van der Waals surface area contributed by atoms with Crippen molar-refractivity contribution in [2.75, 3.05) is 24.5 Å². The summed E-state index contributed by atoms with van der Waals surface area (Å²) in [5, 5.41) is 6.25. The van der Waals surface area contributed by atoms with Gasteiger partial charge in [-0.3, -0.25) is 14.9 Å². The number of aromatic nitrogens is 1. The fourth-order valence-electron chi connectivity index (χ4n) is 3.65. The van der Waals surface area contributed by atoms with Gasteiger partial charge in [-0.05, 0) is 49.2 Å². The number of ether oxygens (including phenoxy) is 3. The van der Waals surface area contributed by atoms with E-state index < -0.39 is 0 Å². The molecule has 2 N–H and O–H groups in total. The lowest BCUT2D eigenvalue weighted by Gasteiger charge is -2.11. The summed E-state index contributed by atoms with van der Waals surface area (Å²) in [6, 6.07) is 12.1. The number of fused-ring (bicyclic) bond motifs is 2. The van der Waals surface area contributed by atoms with E-state index in [1.54, 1.807) is 49.6 Å². The van der Waals surface area contributed by atoms with Crippen molar-refractivity contribution in [2.45, 2.75) is 18.8 Å². The third kappa shape index (κ3) is 3.79. The smallest absolute Gasteiger partial charge is 0.257 e. The van der Waals surface area contributed by atoms with Crippen LogP contribution >= 0.6 is 11.3 Å². The molecule has 2 aliphatic rings. The van der Waals surface area contributed by atoms with Gasteiger partial charge in [-0.1, -0.05) is 0 Å². The SMILES string of the molecule is COc1ccc(C(=O)Nc2nc3c(s2)CC[C@@H]3C(=O)Nc2ccc3c(c2)OCO3)cc1. The van der Waals surface area contributed by atoms with Crippen LogP contribution in [0.3, 0.4) is 0 Å². The van der Waals surface area contributed by atoms with E-state index >= 15 is 0 Å². The summed E-state index contributed by atoms with van der Waals surface area (Å²) in [5.74, 6) is 1.22. The van der Waals surface area contributed by atoms with Crippen LogP contribution in [-0.2, 0) is 11.2 Å². The standard InChI is InChI=1S/C22H19N3O5S/c1-28-14-5-2-12(3-6-14)20(26)25-22-24-19-15(7-9-18(19)31-22)21(27)23-13-4-8-16-17(10-13)30-11-29-16/h2-6,8,10,15H,7,9,11H2,1H3,(H,23,27)(H,24,25,26)/t15-/m0/s1. The molecule has 0 saturated heterocycles. The van der Waals surface area contributed by atoms with Crippen LogP contribution in [0.15, 0.2) is 42.5 Å². The van der Waals surface area contributed by atoms with Crippen molar-refractivity contribution < 1.29 is 23.8 Å². The van der Waals surface area contributed by atoms with Gasteiger partial charge in [-0.2, -0.15) is 0 Å². The number of carbonyl (C=O) groups is 2. The molecular formula is C22H19N3O5S. The van der Waals surface area contributed by atoms with Crippen LogP contribution in [0.25, 0.3) is 0 Å². The Kier molecular flexibility index (Phi) is 4.95. The Bertz CT molecular complexity index is 1160. The molecule has 2 amide bonds. The van der Waals surface area contributed by atoms with Crippen LogP contribution in [0.4, 0.5) is 10.8 Å². The first-order chi connectivity index (χ1) is 15.1. The second kappa shape index (κ2) is 7.92. The van der Waals surface area contributed by atoms with Gasteiger partial charge in [0.2, 0.25) is 12.7 Å². The minimum absolute atomic E-state index is 0.129. The summed E-state index contributed by atoms with van der Waals surface area (Å²) in [7, 11) is 1.57. The molecule has 158 valence electrons. The Morgan fingerprint density at radius 2 is 1.90 bits per heavy atom. The average Bonchev–Trinajstić information content (AvgIpc) is 3.49. The monoisotopic (exact) mass is 437 g/mol. The molecule has 0 saturated carbocycles. The van der Waals surface area contributed by atoms with E-state index in [0.29, 0.717) is 40.1 Å². The number of nitrogens with one attached hydrogen (secondary N) is 2. The maximum absolute atomic E-state index is 12.9. The van der Waals surface area contributed by atoms with Crippen LogP contribution in [0.1, 0.15) is 33.3 Å². The van der Waals surface area contributed by atoms with Crippen molar-refractivity contribution in [1.82, 2.24) is 4.98 Å². The minimum Gasteiger partial charge on any atom is -0.497 e. The Hall–Kier alpha value is -3.59. The van der Waals surface area contributed by atoms with Gasteiger partial charge in [-0.15, -0.1) is 11.3 Å². The van der Waals surface area contributed by atoms with E-state index in [1.165, 1.54) is 11.3 Å². The third-order valence-corrected chi connectivity index (χ3v) is 6.29. The molecule has 3 aromatic rings. The Balaban J connectivity index is 1.27. The Morgan fingerprint density at radius 3 is 2.71 bits per heavy atom. The van der Waals surface area contributed by atoms with E-state index in [4.69, 9.17) is 14.2 Å². The Morgan fingerprint density at radius 1 is 1.10 bits per heavy atom. The van der Waals surface area contributed by atoms with Crippen LogP contribution < -0.4 is 24.8 Å². The molecule has 1 aliphatic carbocycles. The van der Waals surface area contributed by atoms with Gasteiger partial charge in [-0.25, -0.2) is 4.98 Å². The average molecular weight is 437 g/mol. The van der Waals surface area contributed by atoms with E-state index in [9.17, 15) is 9.59 Å². The van der Waals surface area contributed by atoms with Crippen molar-refractivity contribution in [3.05, 3.63) is 58.6 Å². The normalized spacial score (nSPS) is 16.0. The van der Waals surface area contributed by atoms with Crippen LogP contribution in [-0.4, -0.2) is 30.7 Å². The van der Waals surface area contributed by atoms with Crippen molar-refractivity contribution in [1.29, 1.82) is 0 Å². The van der Waals surface area contributed by atoms with Crippen molar-refractivity contribution in [3.8, 4) is 17.2 Å². The summed E-state index contributed by atoms with van der Waals surface area (Å²) in [6.45, 7) is 0.183. The molecule has 2 heterocycles. The highest BCUT2D eigenvalue weighted by molar-refractivity contribution is 7.16. The van der Waals surface area contributed by atoms with Gasteiger partial charge in [0.05, 0.1) is 18.7 Å². The fraction of sp³-hybridized carbons (Fsp3) is 0.227. The number of thiazole rings is 1. The summed E-state index contributed by atoms with van der Waals surface area (Å²) < 4.78 is 15.8. The fourth-order valence-corrected chi connectivity index (χ4v) is 4.68. The summed E-state index contributed by atoms with van der Waals surface area (Å²) >= 11 is 1.41. The molecule has 1 aromatic heterocycles. The molecule has 0 bridgehead atoms. The second-order valence-corrected chi connectivity index (χ2v) is 8.24. The zero-order valence-corrected chi connectivity index (χ0v) is 17.5. The number of nitrogens with zero attached hydrogens (tertiary/aromatic N) is 1. The van der Waals surface area contributed by atoms with Gasteiger partial charge < -0.3 is 19.5 Å². The minimum atomic E-state index is -0.358. The molecule has 2 aromatic carbocycles.